The highest BCUT2D eigenvalue weighted by Gasteiger charge is 2.35. The number of aromatic nitrogens is 4. The van der Waals surface area contributed by atoms with Gasteiger partial charge in [-0.2, -0.15) is 0 Å². The highest BCUT2D eigenvalue weighted by molar-refractivity contribution is 7.13. The Balaban J connectivity index is 1.23. The number of nitrogens with zero attached hydrogens (tertiary/aromatic N) is 5. The molecule has 14 nitrogen and oxygen atoms in total. The number of halogens is 1. The monoisotopic (exact) mass is 652 g/mol. The first-order valence-electron chi connectivity index (χ1n) is 14.7. The molecule has 6 rings (SSSR count). The summed E-state index contributed by atoms with van der Waals surface area (Å²) in [6.45, 7) is 4.75. The van der Waals surface area contributed by atoms with Gasteiger partial charge in [0.1, 0.15) is 30.1 Å². The average molecular weight is 653 g/mol. The molecule has 0 aliphatic carbocycles. The van der Waals surface area contributed by atoms with Crippen LogP contribution in [0.4, 0.5) is 14.3 Å². The molecule has 1 fully saturated rings. The molecule has 2 aromatic heterocycles. The van der Waals surface area contributed by atoms with E-state index in [0.717, 1.165) is 23.3 Å². The van der Waals surface area contributed by atoms with Gasteiger partial charge in [-0.05, 0) is 48.7 Å². The van der Waals surface area contributed by atoms with Gasteiger partial charge in [0.2, 0.25) is 0 Å². The van der Waals surface area contributed by atoms with Crippen LogP contribution in [0.3, 0.4) is 0 Å². The number of aliphatic hydroxyl groups is 1. The average Bonchev–Trinajstić information content (AvgIpc) is 3.77. The molecular weight excluding hydrogens is 619 g/mol. The maximum atomic E-state index is 14.6. The van der Waals surface area contributed by atoms with Crippen molar-refractivity contribution in [2.45, 2.75) is 44.6 Å². The number of urea groups is 1. The van der Waals surface area contributed by atoms with Crippen LogP contribution < -0.4 is 25.4 Å². The molecule has 0 radical (unpaired) electrons. The third-order valence-corrected chi connectivity index (χ3v) is 8.56. The van der Waals surface area contributed by atoms with Gasteiger partial charge in [-0.1, -0.05) is 5.21 Å². The lowest BCUT2D eigenvalue weighted by Crippen LogP contribution is -2.48. The summed E-state index contributed by atoms with van der Waals surface area (Å²) in [6, 6.07) is 7.10. The number of fused-ring (bicyclic) bond motifs is 1. The topological polar surface area (TPSA) is 176 Å². The molecule has 4 aromatic rings. The summed E-state index contributed by atoms with van der Waals surface area (Å²) in [5, 5.41) is 40.1. The smallest absolute Gasteiger partial charge is 0.338 e. The van der Waals surface area contributed by atoms with E-state index in [9.17, 15) is 24.2 Å². The number of aliphatic hydroxyl groups excluding tert-OH is 1. The predicted octanol–water partition coefficient (Wildman–Crippen LogP) is 3.15. The minimum atomic E-state index is -1.38. The van der Waals surface area contributed by atoms with Crippen LogP contribution in [0.5, 0.6) is 17.2 Å². The minimum absolute atomic E-state index is 0.0927. The van der Waals surface area contributed by atoms with Gasteiger partial charge in [-0.15, -0.1) is 16.4 Å². The molecule has 4 heterocycles. The standard InChI is InChI=1S/C30H33FN8O6S/c1-30(15-26(40)35-28-32-7-11-46-28)22-14-25(45-20-2-3-21(27(41)42)23(31)13-20)24(12-18(22)4-5-34-30)44-10-9-39-17-19(36-37-39)16-38-8-6-33-29(38)43/h2-3,7,11-14,17,26,34,40H,4-6,8-10,15-16H2,1H3,(H,32,35)(H,33,43)(H,41,42)/t26?,30-/m1/s1. The Labute approximate surface area is 267 Å². The lowest BCUT2D eigenvalue weighted by Gasteiger charge is -2.39. The molecule has 2 aliphatic heterocycles. The van der Waals surface area contributed by atoms with E-state index < -0.39 is 29.1 Å². The second-order valence-corrected chi connectivity index (χ2v) is 12.1. The van der Waals surface area contributed by atoms with Gasteiger partial charge < -0.3 is 40.5 Å². The molecule has 46 heavy (non-hydrogen) atoms. The first-order valence-corrected chi connectivity index (χ1v) is 15.6. The number of hydrogen-bond donors (Lipinski definition) is 5. The van der Waals surface area contributed by atoms with Gasteiger partial charge in [-0.25, -0.2) is 23.6 Å². The van der Waals surface area contributed by atoms with E-state index >= 15 is 0 Å². The predicted molar refractivity (Wildman–Crippen MR) is 165 cm³/mol. The summed E-state index contributed by atoms with van der Waals surface area (Å²) in [4.78, 5) is 29.0. The first kappa shape index (κ1) is 31.2. The summed E-state index contributed by atoms with van der Waals surface area (Å²) >= 11 is 1.39. The SMILES string of the molecule is C[C@]1(CC(O)Nc2nccs2)NCCc2cc(OCCn3cc(CN4CCNC4=O)nn3)c(Oc3ccc(C(=O)O)c(F)c3)cc21. The number of thiazole rings is 1. The van der Waals surface area contributed by atoms with Crippen LogP contribution in [-0.2, 0) is 25.0 Å². The fourth-order valence-electron chi connectivity index (χ4n) is 5.63. The fourth-order valence-corrected chi connectivity index (χ4v) is 6.20. The van der Waals surface area contributed by atoms with Crippen molar-refractivity contribution >= 4 is 28.5 Å². The van der Waals surface area contributed by atoms with Crippen LogP contribution in [0.25, 0.3) is 0 Å². The van der Waals surface area contributed by atoms with E-state index in [1.807, 2.05) is 24.4 Å². The Morgan fingerprint density at radius 2 is 2.13 bits per heavy atom. The Hall–Kier alpha value is -4.80. The molecule has 2 atom stereocenters. The van der Waals surface area contributed by atoms with Crippen molar-refractivity contribution in [1.29, 1.82) is 0 Å². The molecule has 2 aromatic carbocycles. The zero-order chi connectivity index (χ0) is 32.3. The maximum absolute atomic E-state index is 14.6. The van der Waals surface area contributed by atoms with E-state index in [1.54, 1.807) is 22.0 Å². The Morgan fingerprint density at radius 3 is 2.87 bits per heavy atom. The van der Waals surface area contributed by atoms with Crippen molar-refractivity contribution in [2.75, 3.05) is 31.6 Å². The Bertz CT molecular complexity index is 1720. The first-order chi connectivity index (χ1) is 22.2. The van der Waals surface area contributed by atoms with E-state index in [4.69, 9.17) is 9.47 Å². The van der Waals surface area contributed by atoms with Crippen molar-refractivity contribution in [2.24, 2.45) is 0 Å². The summed E-state index contributed by atoms with van der Waals surface area (Å²) in [7, 11) is 0. The lowest BCUT2D eigenvalue weighted by molar-refractivity contribution is 0.0691. The number of benzene rings is 2. The molecular formula is C30H33FN8O6S. The van der Waals surface area contributed by atoms with Gasteiger partial charge in [0.25, 0.3) is 0 Å². The number of anilines is 1. The van der Waals surface area contributed by atoms with E-state index in [1.165, 1.54) is 17.4 Å². The number of aromatic carboxylic acids is 1. The normalized spacial score (nSPS) is 18.2. The number of carbonyl (C=O) groups is 2. The molecule has 0 spiro atoms. The number of rotatable bonds is 13. The Morgan fingerprint density at radius 1 is 1.26 bits per heavy atom. The third-order valence-electron chi connectivity index (χ3n) is 7.86. The number of amides is 2. The Kier molecular flexibility index (Phi) is 9.01. The van der Waals surface area contributed by atoms with Crippen molar-refractivity contribution in [3.63, 3.8) is 0 Å². The number of ether oxygens (including phenoxy) is 2. The quantitative estimate of drug-likeness (QED) is 0.134. The van der Waals surface area contributed by atoms with Crippen LogP contribution in [0.15, 0.2) is 48.1 Å². The van der Waals surface area contributed by atoms with E-state index in [-0.39, 0.29) is 24.1 Å². The second-order valence-electron chi connectivity index (χ2n) is 11.2. The number of carboxylic acids is 1. The van der Waals surface area contributed by atoms with Crippen LogP contribution in [-0.4, -0.2) is 79.6 Å². The fraction of sp³-hybridized carbons (Fsp3) is 0.367. The summed E-state index contributed by atoms with van der Waals surface area (Å²) < 4.78 is 28.5. The van der Waals surface area contributed by atoms with Gasteiger partial charge in [-0.3, -0.25) is 0 Å². The van der Waals surface area contributed by atoms with E-state index in [2.05, 4.69) is 31.2 Å². The molecule has 2 aliphatic rings. The highest BCUT2D eigenvalue weighted by Crippen LogP contribution is 2.41. The molecule has 5 N–H and O–H groups in total. The summed E-state index contributed by atoms with van der Waals surface area (Å²) in [6.07, 6.45) is 3.50. The minimum Gasteiger partial charge on any atom is -0.488 e. The summed E-state index contributed by atoms with van der Waals surface area (Å²) in [5.74, 6) is -1.52. The number of carboxylic acid groups (broad SMARTS) is 1. The molecule has 2 amide bonds. The van der Waals surface area contributed by atoms with Crippen molar-refractivity contribution in [1.82, 2.24) is 35.5 Å². The van der Waals surface area contributed by atoms with Gasteiger partial charge >= 0.3 is 12.0 Å². The molecule has 16 heteroatoms. The highest BCUT2D eigenvalue weighted by atomic mass is 32.1. The number of carbonyl (C=O) groups excluding carboxylic acids is 1. The second kappa shape index (κ2) is 13.3. The van der Waals surface area contributed by atoms with Crippen LogP contribution in [0, 0.1) is 5.82 Å². The maximum Gasteiger partial charge on any atom is 0.338 e. The van der Waals surface area contributed by atoms with E-state index in [0.29, 0.717) is 62.1 Å². The van der Waals surface area contributed by atoms with Gasteiger partial charge in [0, 0.05) is 49.2 Å². The summed E-state index contributed by atoms with van der Waals surface area (Å²) in [5.41, 5.74) is 1.38. The van der Waals surface area contributed by atoms with Crippen LogP contribution in [0.1, 0.15) is 40.5 Å². The molecule has 0 saturated carbocycles. The third kappa shape index (κ3) is 7.03. The molecule has 0 bridgehead atoms. The number of nitrogens with one attached hydrogen (secondary N) is 3. The number of hydrogen-bond acceptors (Lipinski definition) is 11. The molecule has 1 unspecified atom stereocenters. The molecule has 1 saturated heterocycles. The largest absolute Gasteiger partial charge is 0.488 e. The zero-order valence-electron chi connectivity index (χ0n) is 24.9. The van der Waals surface area contributed by atoms with Crippen molar-refractivity contribution in [3.8, 4) is 17.2 Å². The molecule has 242 valence electrons. The zero-order valence-corrected chi connectivity index (χ0v) is 25.7. The lowest BCUT2D eigenvalue weighted by atomic mass is 9.80. The van der Waals surface area contributed by atoms with Crippen molar-refractivity contribution in [3.05, 3.63) is 76.3 Å². The van der Waals surface area contributed by atoms with Crippen molar-refractivity contribution < 1.29 is 33.7 Å². The van der Waals surface area contributed by atoms with Crippen LogP contribution in [0.2, 0.25) is 0 Å². The van der Waals surface area contributed by atoms with Crippen LogP contribution >= 0.6 is 11.3 Å². The van der Waals surface area contributed by atoms with Gasteiger partial charge in [0.05, 0.1) is 24.8 Å². The van der Waals surface area contributed by atoms with Gasteiger partial charge in [0.15, 0.2) is 16.6 Å².